The van der Waals surface area contributed by atoms with Crippen LogP contribution >= 0.6 is 11.8 Å². The molecule has 0 bridgehead atoms. The molecule has 1 aliphatic rings. The minimum atomic E-state index is 0.715. The number of nitrogens with two attached hydrogens (primary N) is 1. The van der Waals surface area contributed by atoms with Gasteiger partial charge in [0.2, 0.25) is 0 Å². The van der Waals surface area contributed by atoms with Crippen LogP contribution in [0.4, 0.5) is 0 Å². The summed E-state index contributed by atoms with van der Waals surface area (Å²) in [6.07, 6.45) is 1.71. The first kappa shape index (κ1) is 4.71. The molecule has 0 aromatic heterocycles. The lowest BCUT2D eigenvalue weighted by molar-refractivity contribution is 1.47. The molecule has 0 saturated carbocycles. The molecule has 0 amide bonds. The topological polar surface area (TPSA) is 38.4 Å². The van der Waals surface area contributed by atoms with E-state index in [1.807, 2.05) is 5.41 Å². The minimum absolute atomic E-state index is 0.715. The van der Waals surface area contributed by atoms with Gasteiger partial charge in [0.25, 0.3) is 0 Å². The van der Waals surface area contributed by atoms with Crippen LogP contribution in [0, 0.1) is 0 Å². The summed E-state index contributed by atoms with van der Waals surface area (Å²) in [5, 5.41) is 1.93. The molecule has 1 aliphatic heterocycles. The first-order chi connectivity index (χ1) is 3.39. The fourth-order valence-electron chi connectivity index (χ4n) is 0.340. The fourth-order valence-corrected chi connectivity index (χ4v) is 0.828. The lowest BCUT2D eigenvalue weighted by atomic mass is 10.7. The largest absolute Gasteiger partial charge is 0.386 e. The Kier molecular flexibility index (Phi) is 1.36. The predicted octanol–water partition coefficient (Wildman–Crippen LogP) is 0.562. The first-order valence-electron chi connectivity index (χ1n) is 1.98. The Morgan fingerprint density at radius 2 is 2.71 bits per heavy atom. The summed E-state index contributed by atoms with van der Waals surface area (Å²) in [6.45, 7) is 0. The highest BCUT2D eigenvalue weighted by molar-refractivity contribution is 8.02. The van der Waals surface area contributed by atoms with Crippen LogP contribution in [-0.2, 0) is 0 Å². The Morgan fingerprint density at radius 1 is 1.86 bits per heavy atom. The standard InChI is InChI=1S/C4H6N2S/c5-4-3-7-2-1-6-4/h1-2H,3H2,(H2,5,6). The van der Waals surface area contributed by atoms with Gasteiger partial charge in [-0.15, -0.1) is 11.8 Å². The van der Waals surface area contributed by atoms with Gasteiger partial charge in [-0.2, -0.15) is 0 Å². The van der Waals surface area contributed by atoms with Gasteiger partial charge in [0.15, 0.2) is 0 Å². The van der Waals surface area contributed by atoms with Gasteiger partial charge in [0, 0.05) is 6.20 Å². The SMILES string of the molecule is NC1=NC=CSC1. The Morgan fingerprint density at radius 3 is 3.00 bits per heavy atom. The van der Waals surface area contributed by atoms with Gasteiger partial charge in [-0.3, -0.25) is 0 Å². The lowest BCUT2D eigenvalue weighted by Crippen LogP contribution is -2.14. The second kappa shape index (κ2) is 2.02. The summed E-state index contributed by atoms with van der Waals surface area (Å²) < 4.78 is 0. The van der Waals surface area contributed by atoms with Crippen molar-refractivity contribution < 1.29 is 0 Å². The van der Waals surface area contributed by atoms with Gasteiger partial charge in [0.05, 0.1) is 5.75 Å². The van der Waals surface area contributed by atoms with Crippen LogP contribution in [0.2, 0.25) is 0 Å². The van der Waals surface area contributed by atoms with E-state index in [0.717, 1.165) is 5.75 Å². The lowest BCUT2D eigenvalue weighted by Gasteiger charge is -1.97. The van der Waals surface area contributed by atoms with Gasteiger partial charge in [-0.05, 0) is 5.41 Å². The molecule has 0 spiro atoms. The summed E-state index contributed by atoms with van der Waals surface area (Å²) in [4.78, 5) is 3.82. The summed E-state index contributed by atoms with van der Waals surface area (Å²) >= 11 is 1.67. The number of amidine groups is 1. The maximum absolute atomic E-state index is 5.31. The van der Waals surface area contributed by atoms with Crippen molar-refractivity contribution in [3.63, 3.8) is 0 Å². The maximum atomic E-state index is 5.31. The van der Waals surface area contributed by atoms with E-state index < -0.39 is 0 Å². The van der Waals surface area contributed by atoms with Crippen LogP contribution in [-0.4, -0.2) is 11.6 Å². The molecule has 1 rings (SSSR count). The third-order valence-corrected chi connectivity index (χ3v) is 1.41. The van der Waals surface area contributed by atoms with Gasteiger partial charge in [0.1, 0.15) is 5.84 Å². The molecule has 0 aromatic carbocycles. The maximum Gasteiger partial charge on any atom is 0.109 e. The molecule has 3 heteroatoms. The zero-order valence-corrected chi connectivity index (χ0v) is 4.61. The van der Waals surface area contributed by atoms with Crippen molar-refractivity contribution in [3.8, 4) is 0 Å². The number of hydrogen-bond acceptors (Lipinski definition) is 3. The summed E-state index contributed by atoms with van der Waals surface area (Å²) in [5.41, 5.74) is 5.31. The van der Waals surface area contributed by atoms with E-state index in [1.54, 1.807) is 18.0 Å². The molecular weight excluding hydrogens is 108 g/mol. The van der Waals surface area contributed by atoms with Crippen molar-refractivity contribution in [3.05, 3.63) is 11.6 Å². The summed E-state index contributed by atoms with van der Waals surface area (Å²) in [6, 6.07) is 0. The van der Waals surface area contributed by atoms with E-state index in [0.29, 0.717) is 5.84 Å². The molecular formula is C4H6N2S. The molecule has 0 fully saturated rings. The monoisotopic (exact) mass is 114 g/mol. The zero-order valence-electron chi connectivity index (χ0n) is 3.79. The van der Waals surface area contributed by atoms with E-state index in [4.69, 9.17) is 5.73 Å². The zero-order chi connectivity index (χ0) is 5.11. The second-order valence-electron chi connectivity index (χ2n) is 1.22. The van der Waals surface area contributed by atoms with E-state index in [-0.39, 0.29) is 0 Å². The molecule has 2 nitrogen and oxygen atoms in total. The quantitative estimate of drug-likeness (QED) is 0.499. The van der Waals surface area contributed by atoms with Crippen molar-refractivity contribution in [1.82, 2.24) is 0 Å². The normalized spacial score (nSPS) is 19.1. The van der Waals surface area contributed by atoms with E-state index in [2.05, 4.69) is 4.99 Å². The Hall–Kier alpha value is -0.440. The Labute approximate surface area is 46.5 Å². The van der Waals surface area contributed by atoms with Crippen LogP contribution in [0.15, 0.2) is 16.6 Å². The number of thioether (sulfide) groups is 1. The highest BCUT2D eigenvalue weighted by Gasteiger charge is 1.91. The average molecular weight is 114 g/mol. The van der Waals surface area contributed by atoms with Crippen molar-refractivity contribution in [2.75, 3.05) is 5.75 Å². The van der Waals surface area contributed by atoms with Crippen molar-refractivity contribution in [2.45, 2.75) is 0 Å². The van der Waals surface area contributed by atoms with Crippen LogP contribution in [0.5, 0.6) is 0 Å². The number of aliphatic imine (C=N–C) groups is 1. The molecule has 0 unspecified atom stereocenters. The van der Waals surface area contributed by atoms with E-state index >= 15 is 0 Å². The first-order valence-corrected chi connectivity index (χ1v) is 3.03. The smallest absolute Gasteiger partial charge is 0.109 e. The number of hydrogen-bond donors (Lipinski definition) is 1. The van der Waals surface area contributed by atoms with Crippen LogP contribution in [0.3, 0.4) is 0 Å². The highest BCUT2D eigenvalue weighted by Crippen LogP contribution is 2.05. The molecule has 38 valence electrons. The van der Waals surface area contributed by atoms with Crippen molar-refractivity contribution in [1.29, 1.82) is 0 Å². The molecule has 0 saturated heterocycles. The second-order valence-corrected chi connectivity index (χ2v) is 2.11. The third-order valence-electron chi connectivity index (χ3n) is 0.629. The molecule has 7 heavy (non-hydrogen) atoms. The van der Waals surface area contributed by atoms with Crippen molar-refractivity contribution >= 4 is 17.6 Å². The van der Waals surface area contributed by atoms with Gasteiger partial charge in [-0.1, -0.05) is 0 Å². The molecule has 2 N–H and O–H groups in total. The molecule has 1 heterocycles. The molecule has 0 aromatic rings. The molecule has 0 radical (unpaired) electrons. The summed E-state index contributed by atoms with van der Waals surface area (Å²) in [7, 11) is 0. The Bertz CT molecular complexity index is 117. The average Bonchev–Trinajstić information content (AvgIpc) is 1.69. The van der Waals surface area contributed by atoms with Gasteiger partial charge in [-0.25, -0.2) is 4.99 Å². The third kappa shape index (κ3) is 1.23. The fraction of sp³-hybridized carbons (Fsp3) is 0.250. The van der Waals surface area contributed by atoms with Crippen molar-refractivity contribution in [2.24, 2.45) is 10.7 Å². The highest BCUT2D eigenvalue weighted by atomic mass is 32.2. The van der Waals surface area contributed by atoms with E-state index in [9.17, 15) is 0 Å². The predicted molar refractivity (Wildman–Crippen MR) is 33.2 cm³/mol. The molecule has 0 atom stereocenters. The van der Waals surface area contributed by atoms with Gasteiger partial charge < -0.3 is 5.73 Å². The molecule has 0 aliphatic carbocycles. The number of rotatable bonds is 0. The Balaban J connectivity index is 2.57. The minimum Gasteiger partial charge on any atom is -0.386 e. The van der Waals surface area contributed by atoms with Crippen LogP contribution < -0.4 is 5.73 Å². The number of nitrogens with zero attached hydrogens (tertiary/aromatic N) is 1. The van der Waals surface area contributed by atoms with Crippen LogP contribution in [0.25, 0.3) is 0 Å². The van der Waals surface area contributed by atoms with Gasteiger partial charge >= 0.3 is 0 Å². The summed E-state index contributed by atoms with van der Waals surface area (Å²) in [5.74, 6) is 1.56. The van der Waals surface area contributed by atoms with Crippen LogP contribution in [0.1, 0.15) is 0 Å². The van der Waals surface area contributed by atoms with E-state index in [1.165, 1.54) is 0 Å².